The summed E-state index contributed by atoms with van der Waals surface area (Å²) in [7, 11) is 0. The fourth-order valence-electron chi connectivity index (χ4n) is 2.18. The molecule has 0 amide bonds. The largest absolute Gasteiger partial charge is 0.302 e. The van der Waals surface area contributed by atoms with E-state index in [0.717, 1.165) is 18.4 Å². The summed E-state index contributed by atoms with van der Waals surface area (Å²) >= 11 is 0. The van der Waals surface area contributed by atoms with Crippen LogP contribution in [0.1, 0.15) is 26.7 Å². The van der Waals surface area contributed by atoms with Gasteiger partial charge in [0.1, 0.15) is 0 Å². The van der Waals surface area contributed by atoms with Gasteiger partial charge in [-0.15, -0.1) is 0 Å². The first-order chi connectivity index (χ1) is 5.72. The highest BCUT2D eigenvalue weighted by atomic mass is 15.1. The quantitative estimate of drug-likeness (QED) is 0.626. The molecule has 0 aliphatic carbocycles. The molecule has 0 saturated carbocycles. The Morgan fingerprint density at radius 3 is 2.42 bits per heavy atom. The molecule has 68 valence electrons. The third-order valence-electron chi connectivity index (χ3n) is 2.48. The number of nitriles is 1. The molecule has 0 spiro atoms. The molecule has 0 N–H and O–H groups in total. The summed E-state index contributed by atoms with van der Waals surface area (Å²) in [5.41, 5.74) is 0. The van der Waals surface area contributed by atoms with Gasteiger partial charge in [-0.3, -0.25) is 0 Å². The fraction of sp³-hybridized carbons (Fsp3) is 0.900. The van der Waals surface area contributed by atoms with Crippen LogP contribution in [0.5, 0.6) is 0 Å². The minimum atomic E-state index is 0.680. The third-order valence-corrected chi connectivity index (χ3v) is 2.48. The van der Waals surface area contributed by atoms with Crippen molar-refractivity contribution < 1.29 is 0 Å². The SMILES string of the molecule is C[C@@H]1C[C@H](C)CN(CCC#N)C1. The summed E-state index contributed by atoms with van der Waals surface area (Å²) in [6.45, 7) is 7.94. The van der Waals surface area contributed by atoms with Gasteiger partial charge in [-0.25, -0.2) is 0 Å². The van der Waals surface area contributed by atoms with E-state index in [9.17, 15) is 0 Å². The van der Waals surface area contributed by atoms with E-state index < -0.39 is 0 Å². The van der Waals surface area contributed by atoms with Crippen molar-refractivity contribution in [2.24, 2.45) is 11.8 Å². The van der Waals surface area contributed by atoms with E-state index in [2.05, 4.69) is 24.8 Å². The van der Waals surface area contributed by atoms with Gasteiger partial charge in [0.25, 0.3) is 0 Å². The van der Waals surface area contributed by atoms with Gasteiger partial charge in [0.2, 0.25) is 0 Å². The highest BCUT2D eigenvalue weighted by Gasteiger charge is 2.20. The number of rotatable bonds is 2. The number of nitrogens with zero attached hydrogens (tertiary/aromatic N) is 2. The van der Waals surface area contributed by atoms with Crippen molar-refractivity contribution in [2.45, 2.75) is 26.7 Å². The summed E-state index contributed by atoms with van der Waals surface area (Å²) < 4.78 is 0. The number of piperidine rings is 1. The second-order valence-corrected chi connectivity index (χ2v) is 4.11. The Morgan fingerprint density at radius 2 is 1.92 bits per heavy atom. The lowest BCUT2D eigenvalue weighted by Crippen LogP contribution is -2.39. The zero-order valence-electron chi connectivity index (χ0n) is 8.08. The molecule has 0 radical (unpaired) electrons. The van der Waals surface area contributed by atoms with E-state index in [-0.39, 0.29) is 0 Å². The van der Waals surface area contributed by atoms with Crippen molar-refractivity contribution in [3.63, 3.8) is 0 Å². The summed E-state index contributed by atoms with van der Waals surface area (Å²) in [4.78, 5) is 2.42. The van der Waals surface area contributed by atoms with Gasteiger partial charge in [-0.1, -0.05) is 13.8 Å². The van der Waals surface area contributed by atoms with Gasteiger partial charge in [-0.2, -0.15) is 5.26 Å². The predicted octanol–water partition coefficient (Wildman–Crippen LogP) is 1.88. The van der Waals surface area contributed by atoms with Crippen LogP contribution in [0.15, 0.2) is 0 Å². The van der Waals surface area contributed by atoms with E-state index in [4.69, 9.17) is 5.26 Å². The number of likely N-dealkylation sites (tertiary alicyclic amines) is 1. The summed E-state index contributed by atoms with van der Waals surface area (Å²) in [5.74, 6) is 1.62. The first kappa shape index (κ1) is 9.54. The topological polar surface area (TPSA) is 27.0 Å². The van der Waals surface area contributed by atoms with Crippen LogP contribution in [0.25, 0.3) is 0 Å². The highest BCUT2D eigenvalue weighted by molar-refractivity contribution is 4.78. The Balaban J connectivity index is 2.30. The minimum absolute atomic E-state index is 0.680. The molecule has 0 aromatic rings. The standard InChI is InChI=1S/C10H18N2/c1-9-6-10(2)8-12(7-9)5-3-4-11/h9-10H,3,5-8H2,1-2H3/t9-,10+. The highest BCUT2D eigenvalue weighted by Crippen LogP contribution is 2.20. The molecule has 1 aliphatic heterocycles. The smallest absolute Gasteiger partial charge is 0.0635 e. The van der Waals surface area contributed by atoms with Gasteiger partial charge >= 0.3 is 0 Å². The minimum Gasteiger partial charge on any atom is -0.302 e. The van der Waals surface area contributed by atoms with E-state index in [1.54, 1.807) is 0 Å². The van der Waals surface area contributed by atoms with Crippen LogP contribution in [-0.2, 0) is 0 Å². The van der Waals surface area contributed by atoms with Crippen LogP contribution >= 0.6 is 0 Å². The van der Waals surface area contributed by atoms with Gasteiger partial charge in [0, 0.05) is 26.1 Å². The van der Waals surface area contributed by atoms with Gasteiger partial charge in [-0.05, 0) is 18.3 Å². The molecule has 1 heterocycles. The number of hydrogen-bond donors (Lipinski definition) is 0. The van der Waals surface area contributed by atoms with Crippen molar-refractivity contribution >= 4 is 0 Å². The molecule has 2 heteroatoms. The molecule has 1 fully saturated rings. The lowest BCUT2D eigenvalue weighted by atomic mass is 9.92. The van der Waals surface area contributed by atoms with E-state index in [0.29, 0.717) is 6.42 Å². The third kappa shape index (κ3) is 2.83. The zero-order chi connectivity index (χ0) is 8.97. The molecule has 12 heavy (non-hydrogen) atoms. The van der Waals surface area contributed by atoms with Crippen molar-refractivity contribution in [3.8, 4) is 6.07 Å². The molecule has 0 unspecified atom stereocenters. The number of hydrogen-bond acceptors (Lipinski definition) is 2. The molecular weight excluding hydrogens is 148 g/mol. The fourth-order valence-corrected chi connectivity index (χ4v) is 2.18. The van der Waals surface area contributed by atoms with Crippen molar-refractivity contribution in [1.82, 2.24) is 4.90 Å². The molecule has 2 atom stereocenters. The molecule has 1 rings (SSSR count). The van der Waals surface area contributed by atoms with Crippen LogP contribution in [0, 0.1) is 23.2 Å². The second kappa shape index (κ2) is 4.47. The maximum absolute atomic E-state index is 8.45. The van der Waals surface area contributed by atoms with Gasteiger partial charge in [0.05, 0.1) is 6.07 Å². The Kier molecular flexibility index (Phi) is 3.55. The molecule has 0 bridgehead atoms. The Hall–Kier alpha value is -0.550. The van der Waals surface area contributed by atoms with Crippen LogP contribution in [0.4, 0.5) is 0 Å². The lowest BCUT2D eigenvalue weighted by Gasteiger charge is -2.34. The predicted molar refractivity (Wildman–Crippen MR) is 49.6 cm³/mol. The summed E-state index contributed by atoms with van der Waals surface area (Å²) in [6.07, 6.45) is 2.03. The molecule has 1 aliphatic rings. The molecule has 1 saturated heterocycles. The van der Waals surface area contributed by atoms with Crippen molar-refractivity contribution in [1.29, 1.82) is 5.26 Å². The maximum atomic E-state index is 8.45. The normalized spacial score (nSPS) is 31.4. The first-order valence-corrected chi connectivity index (χ1v) is 4.81. The molecule has 0 aromatic carbocycles. The first-order valence-electron chi connectivity index (χ1n) is 4.81. The van der Waals surface area contributed by atoms with E-state index in [1.807, 2.05) is 0 Å². The monoisotopic (exact) mass is 166 g/mol. The molecular formula is C10H18N2. The van der Waals surface area contributed by atoms with Crippen molar-refractivity contribution in [2.75, 3.05) is 19.6 Å². The second-order valence-electron chi connectivity index (χ2n) is 4.11. The van der Waals surface area contributed by atoms with Crippen molar-refractivity contribution in [3.05, 3.63) is 0 Å². The van der Waals surface area contributed by atoms with E-state index >= 15 is 0 Å². The van der Waals surface area contributed by atoms with Crippen LogP contribution in [0.2, 0.25) is 0 Å². The summed E-state index contributed by atoms with van der Waals surface area (Å²) in [6, 6.07) is 2.20. The molecule has 0 aromatic heterocycles. The average Bonchev–Trinajstić information content (AvgIpc) is 1.99. The maximum Gasteiger partial charge on any atom is 0.0635 e. The van der Waals surface area contributed by atoms with Crippen LogP contribution in [0.3, 0.4) is 0 Å². The Bertz CT molecular complexity index is 161. The lowest BCUT2D eigenvalue weighted by molar-refractivity contribution is 0.144. The Morgan fingerprint density at radius 1 is 1.33 bits per heavy atom. The van der Waals surface area contributed by atoms with Crippen LogP contribution in [-0.4, -0.2) is 24.5 Å². The van der Waals surface area contributed by atoms with Crippen LogP contribution < -0.4 is 0 Å². The zero-order valence-corrected chi connectivity index (χ0v) is 8.08. The van der Waals surface area contributed by atoms with Gasteiger partial charge < -0.3 is 4.90 Å². The van der Waals surface area contributed by atoms with E-state index in [1.165, 1.54) is 19.5 Å². The summed E-state index contributed by atoms with van der Waals surface area (Å²) in [5, 5.41) is 8.45. The average molecular weight is 166 g/mol. The van der Waals surface area contributed by atoms with Gasteiger partial charge in [0.15, 0.2) is 0 Å². The molecule has 2 nitrogen and oxygen atoms in total. The Labute approximate surface area is 75.2 Å².